The highest BCUT2D eigenvalue weighted by Crippen LogP contribution is 2.41. The summed E-state index contributed by atoms with van der Waals surface area (Å²) < 4.78 is 3.37. The maximum atomic E-state index is 11.4. The summed E-state index contributed by atoms with van der Waals surface area (Å²) in [4.78, 5) is 13.1. The first kappa shape index (κ1) is 13.6. The molecule has 0 N–H and O–H groups in total. The fourth-order valence-corrected chi connectivity index (χ4v) is 3.15. The van der Waals surface area contributed by atoms with Crippen LogP contribution in [0.1, 0.15) is 30.1 Å². The van der Waals surface area contributed by atoms with Gasteiger partial charge in [0.1, 0.15) is 5.69 Å². The fraction of sp³-hybridized carbons (Fsp3) is 0.538. The second kappa shape index (κ2) is 4.87. The summed E-state index contributed by atoms with van der Waals surface area (Å²) >= 11 is 0. The average Bonchev–Trinajstić information content (AvgIpc) is 3.07. The molecule has 2 aromatic heterocycles. The van der Waals surface area contributed by atoms with Crippen LogP contribution >= 0.6 is 0 Å². The molecule has 3 rings (SSSR count). The van der Waals surface area contributed by atoms with E-state index < -0.39 is 0 Å². The predicted octanol–water partition coefficient (Wildman–Crippen LogP) is 1.71. The third-order valence-corrected chi connectivity index (χ3v) is 3.98. The zero-order chi connectivity index (χ0) is 15.1. The fourth-order valence-electron chi connectivity index (χ4n) is 3.15. The molecule has 1 unspecified atom stereocenters. The molecule has 3 heterocycles. The lowest BCUT2D eigenvalue weighted by molar-refractivity contribution is -0.384. The SMILES string of the molecule is Cc1nn(C)c(N2CCCC2c2cnn(C)c2)c1[N+](=O)[O-]. The van der Waals surface area contributed by atoms with Crippen molar-refractivity contribution in [2.75, 3.05) is 11.4 Å². The molecular weight excluding hydrogens is 272 g/mol. The molecule has 1 aliphatic rings. The second-order valence-corrected chi connectivity index (χ2v) is 5.44. The Labute approximate surface area is 122 Å². The number of nitrogens with zero attached hydrogens (tertiary/aromatic N) is 6. The molecule has 0 amide bonds. The molecule has 1 saturated heterocycles. The van der Waals surface area contributed by atoms with E-state index >= 15 is 0 Å². The van der Waals surface area contributed by atoms with Crippen molar-refractivity contribution in [1.82, 2.24) is 19.6 Å². The molecule has 0 aromatic carbocycles. The van der Waals surface area contributed by atoms with Crippen LogP contribution in [-0.4, -0.2) is 31.0 Å². The number of rotatable bonds is 3. The molecule has 1 atom stereocenters. The van der Waals surface area contributed by atoms with E-state index in [9.17, 15) is 10.1 Å². The lowest BCUT2D eigenvalue weighted by Gasteiger charge is -2.24. The van der Waals surface area contributed by atoms with Crippen LogP contribution in [0.5, 0.6) is 0 Å². The molecular formula is C13H18N6O2. The van der Waals surface area contributed by atoms with Crippen LogP contribution in [0, 0.1) is 17.0 Å². The topological polar surface area (TPSA) is 82.0 Å². The van der Waals surface area contributed by atoms with Crippen LogP contribution in [0.4, 0.5) is 11.5 Å². The van der Waals surface area contributed by atoms with Crippen LogP contribution in [0.25, 0.3) is 0 Å². The van der Waals surface area contributed by atoms with Crippen molar-refractivity contribution >= 4 is 11.5 Å². The Kier molecular flexibility index (Phi) is 3.15. The normalized spacial score (nSPS) is 18.4. The van der Waals surface area contributed by atoms with E-state index in [0.717, 1.165) is 24.9 Å². The Hall–Kier alpha value is -2.38. The van der Waals surface area contributed by atoms with E-state index in [1.807, 2.05) is 19.4 Å². The zero-order valence-corrected chi connectivity index (χ0v) is 12.4. The lowest BCUT2D eigenvalue weighted by atomic mass is 10.1. The molecule has 8 nitrogen and oxygen atoms in total. The van der Waals surface area contributed by atoms with E-state index in [1.165, 1.54) is 0 Å². The van der Waals surface area contributed by atoms with Crippen molar-refractivity contribution in [3.8, 4) is 0 Å². The quantitative estimate of drug-likeness (QED) is 0.635. The minimum atomic E-state index is -0.337. The highest BCUT2D eigenvalue weighted by Gasteiger charge is 2.36. The first-order chi connectivity index (χ1) is 9.99. The van der Waals surface area contributed by atoms with Gasteiger partial charge in [0, 0.05) is 32.4 Å². The number of nitro groups is 1. The number of anilines is 1. The summed E-state index contributed by atoms with van der Waals surface area (Å²) in [5.41, 5.74) is 1.64. The molecule has 2 aromatic rings. The Bertz CT molecular complexity index is 689. The van der Waals surface area contributed by atoms with Gasteiger partial charge in [-0.3, -0.25) is 14.8 Å². The van der Waals surface area contributed by atoms with Crippen LogP contribution in [-0.2, 0) is 14.1 Å². The molecule has 0 radical (unpaired) electrons. The van der Waals surface area contributed by atoms with Gasteiger partial charge in [-0.1, -0.05) is 0 Å². The van der Waals surface area contributed by atoms with Gasteiger partial charge in [-0.15, -0.1) is 0 Å². The predicted molar refractivity (Wildman–Crippen MR) is 77.1 cm³/mol. The standard InChI is InChI=1S/C13H18N6O2/c1-9-12(19(20)21)13(17(3)15-9)18-6-4-5-11(18)10-7-14-16(2)8-10/h7-8,11H,4-6H2,1-3H3. The lowest BCUT2D eigenvalue weighted by Crippen LogP contribution is -2.25. The Morgan fingerprint density at radius 2 is 2.19 bits per heavy atom. The van der Waals surface area contributed by atoms with Crippen molar-refractivity contribution in [3.05, 3.63) is 33.8 Å². The van der Waals surface area contributed by atoms with Crippen molar-refractivity contribution < 1.29 is 4.92 Å². The van der Waals surface area contributed by atoms with Crippen LogP contribution in [0.3, 0.4) is 0 Å². The van der Waals surface area contributed by atoms with Gasteiger partial charge in [0.05, 0.1) is 17.2 Å². The maximum Gasteiger partial charge on any atom is 0.333 e. The number of aromatic nitrogens is 4. The number of hydrogen-bond donors (Lipinski definition) is 0. The van der Waals surface area contributed by atoms with Crippen molar-refractivity contribution in [1.29, 1.82) is 0 Å². The van der Waals surface area contributed by atoms with Gasteiger partial charge in [0.15, 0.2) is 0 Å². The van der Waals surface area contributed by atoms with Gasteiger partial charge in [-0.05, 0) is 19.8 Å². The first-order valence-corrected chi connectivity index (χ1v) is 6.92. The average molecular weight is 290 g/mol. The molecule has 21 heavy (non-hydrogen) atoms. The van der Waals surface area contributed by atoms with Gasteiger partial charge in [0.2, 0.25) is 5.82 Å². The van der Waals surface area contributed by atoms with Gasteiger partial charge in [-0.2, -0.15) is 10.2 Å². The molecule has 8 heteroatoms. The summed E-state index contributed by atoms with van der Waals surface area (Å²) in [5, 5.41) is 19.8. The van der Waals surface area contributed by atoms with Gasteiger partial charge in [-0.25, -0.2) is 4.68 Å². The Balaban J connectivity index is 2.05. The van der Waals surface area contributed by atoms with Crippen LogP contribution < -0.4 is 4.90 Å². The highest BCUT2D eigenvalue weighted by molar-refractivity contribution is 5.62. The zero-order valence-electron chi connectivity index (χ0n) is 12.4. The van der Waals surface area contributed by atoms with Crippen LogP contribution in [0.2, 0.25) is 0 Å². The third kappa shape index (κ3) is 2.16. The first-order valence-electron chi connectivity index (χ1n) is 6.92. The van der Waals surface area contributed by atoms with E-state index in [1.54, 1.807) is 23.3 Å². The molecule has 112 valence electrons. The molecule has 0 bridgehead atoms. The summed E-state index contributed by atoms with van der Waals surface area (Å²) in [6, 6.07) is 0.118. The maximum absolute atomic E-state index is 11.4. The second-order valence-electron chi connectivity index (χ2n) is 5.44. The Morgan fingerprint density at radius 1 is 1.43 bits per heavy atom. The van der Waals surface area contributed by atoms with Gasteiger partial charge >= 0.3 is 5.69 Å². The van der Waals surface area contributed by atoms with Gasteiger partial charge in [0.25, 0.3) is 0 Å². The minimum absolute atomic E-state index is 0.105. The highest BCUT2D eigenvalue weighted by atomic mass is 16.6. The minimum Gasteiger partial charge on any atom is -0.344 e. The van der Waals surface area contributed by atoms with E-state index in [4.69, 9.17) is 0 Å². The van der Waals surface area contributed by atoms with Crippen molar-refractivity contribution in [2.24, 2.45) is 14.1 Å². The molecule has 0 spiro atoms. The number of aryl methyl sites for hydroxylation is 3. The van der Waals surface area contributed by atoms with Crippen molar-refractivity contribution in [3.63, 3.8) is 0 Å². The Morgan fingerprint density at radius 3 is 2.81 bits per heavy atom. The van der Waals surface area contributed by atoms with E-state index in [2.05, 4.69) is 15.1 Å². The van der Waals surface area contributed by atoms with Crippen LogP contribution in [0.15, 0.2) is 12.4 Å². The number of hydrogen-bond acceptors (Lipinski definition) is 5. The summed E-state index contributed by atoms with van der Waals surface area (Å²) in [6.45, 7) is 2.47. The summed E-state index contributed by atoms with van der Waals surface area (Å²) in [6.07, 6.45) is 5.77. The summed E-state index contributed by atoms with van der Waals surface area (Å²) in [7, 11) is 3.63. The van der Waals surface area contributed by atoms with Gasteiger partial charge < -0.3 is 4.90 Å². The van der Waals surface area contributed by atoms with Crippen molar-refractivity contribution in [2.45, 2.75) is 25.8 Å². The smallest absolute Gasteiger partial charge is 0.333 e. The monoisotopic (exact) mass is 290 g/mol. The van der Waals surface area contributed by atoms with E-state index in [0.29, 0.717) is 11.5 Å². The molecule has 0 saturated carbocycles. The molecule has 1 fully saturated rings. The summed E-state index contributed by atoms with van der Waals surface area (Å²) in [5.74, 6) is 0.587. The largest absolute Gasteiger partial charge is 0.344 e. The molecule has 1 aliphatic heterocycles. The third-order valence-electron chi connectivity index (χ3n) is 3.98. The molecule has 0 aliphatic carbocycles. The van der Waals surface area contributed by atoms with E-state index in [-0.39, 0.29) is 16.7 Å².